The highest BCUT2D eigenvalue weighted by atomic mass is 35.7. The van der Waals surface area contributed by atoms with Gasteiger partial charge >= 0.3 is 0 Å². The fraction of sp³-hybridized carbons (Fsp3) is 0.583. The van der Waals surface area contributed by atoms with Crippen LogP contribution in [-0.4, -0.2) is 39.2 Å². The number of amides is 1. The van der Waals surface area contributed by atoms with Gasteiger partial charge in [-0.2, -0.15) is 0 Å². The minimum Gasteiger partial charge on any atom is -0.385 e. The van der Waals surface area contributed by atoms with E-state index < -0.39 is 9.05 Å². The number of carbonyl (C=O) groups excluding carboxylic acids is 1. The van der Waals surface area contributed by atoms with Gasteiger partial charge in [0.1, 0.15) is 10.6 Å². The van der Waals surface area contributed by atoms with Crippen molar-refractivity contribution in [2.75, 3.05) is 20.3 Å². The van der Waals surface area contributed by atoms with E-state index in [9.17, 15) is 13.2 Å². The summed E-state index contributed by atoms with van der Waals surface area (Å²) in [6, 6.07) is 1.27. The van der Waals surface area contributed by atoms with Crippen molar-refractivity contribution in [1.82, 2.24) is 9.88 Å². The fourth-order valence-electron chi connectivity index (χ4n) is 1.73. The van der Waals surface area contributed by atoms with Crippen LogP contribution in [0.15, 0.2) is 17.2 Å². The number of rotatable bonds is 8. The van der Waals surface area contributed by atoms with E-state index in [4.69, 9.17) is 15.4 Å². The minimum absolute atomic E-state index is 0.0769. The minimum atomic E-state index is -3.82. The molecule has 1 aromatic heterocycles. The lowest BCUT2D eigenvalue weighted by Gasteiger charge is -2.05. The van der Waals surface area contributed by atoms with E-state index in [-0.39, 0.29) is 16.5 Å². The average Bonchev–Trinajstić information content (AvgIpc) is 2.75. The van der Waals surface area contributed by atoms with Crippen molar-refractivity contribution in [3.05, 3.63) is 18.0 Å². The van der Waals surface area contributed by atoms with Crippen molar-refractivity contribution in [2.45, 2.75) is 24.2 Å². The summed E-state index contributed by atoms with van der Waals surface area (Å²) in [5.41, 5.74) is 0.265. The van der Waals surface area contributed by atoms with Gasteiger partial charge in [-0.1, -0.05) is 0 Å². The number of hydrogen-bond donors (Lipinski definition) is 1. The molecular formula is C12H19ClN2O4S. The van der Waals surface area contributed by atoms with Gasteiger partial charge in [-0.15, -0.1) is 0 Å². The second kappa shape index (κ2) is 7.66. The largest absolute Gasteiger partial charge is 0.385 e. The van der Waals surface area contributed by atoms with Crippen LogP contribution in [0.2, 0.25) is 0 Å². The Bertz CT molecular complexity index is 554. The van der Waals surface area contributed by atoms with E-state index in [0.717, 1.165) is 19.3 Å². The molecule has 8 heteroatoms. The van der Waals surface area contributed by atoms with Gasteiger partial charge in [-0.25, -0.2) is 8.42 Å². The van der Waals surface area contributed by atoms with Crippen molar-refractivity contribution in [2.24, 2.45) is 7.05 Å². The standard InChI is InChI=1S/C12H19ClN2O4S/c1-15-9-10(20(13,17)18)8-11(15)12(16)14-6-4-3-5-7-19-2/h8-9H,3-7H2,1-2H3,(H,14,16). The van der Waals surface area contributed by atoms with Crippen molar-refractivity contribution in [3.63, 3.8) is 0 Å². The van der Waals surface area contributed by atoms with Gasteiger partial charge < -0.3 is 14.6 Å². The predicted octanol–water partition coefficient (Wildman–Crippen LogP) is 1.50. The van der Waals surface area contributed by atoms with Gasteiger partial charge in [0, 0.05) is 44.2 Å². The Morgan fingerprint density at radius 2 is 2.10 bits per heavy atom. The number of carbonyl (C=O) groups is 1. The van der Waals surface area contributed by atoms with Crippen LogP contribution in [-0.2, 0) is 20.8 Å². The lowest BCUT2D eigenvalue weighted by Crippen LogP contribution is -2.26. The topological polar surface area (TPSA) is 77.4 Å². The molecule has 0 unspecified atom stereocenters. The summed E-state index contributed by atoms with van der Waals surface area (Å²) in [6.45, 7) is 1.25. The molecule has 0 atom stereocenters. The van der Waals surface area contributed by atoms with Crippen LogP contribution in [0, 0.1) is 0 Å². The lowest BCUT2D eigenvalue weighted by atomic mass is 10.2. The number of nitrogens with one attached hydrogen (secondary N) is 1. The van der Waals surface area contributed by atoms with Crippen molar-refractivity contribution >= 4 is 25.6 Å². The Morgan fingerprint density at radius 3 is 2.65 bits per heavy atom. The second-order valence-electron chi connectivity index (χ2n) is 4.42. The van der Waals surface area contributed by atoms with Crippen LogP contribution >= 0.6 is 10.7 Å². The molecule has 0 saturated heterocycles. The van der Waals surface area contributed by atoms with Crippen LogP contribution in [0.25, 0.3) is 0 Å². The average molecular weight is 323 g/mol. The molecule has 1 N–H and O–H groups in total. The molecule has 1 amide bonds. The SMILES string of the molecule is COCCCCCNC(=O)c1cc(S(=O)(=O)Cl)cn1C. The third-order valence-electron chi connectivity index (χ3n) is 2.80. The zero-order valence-corrected chi connectivity index (χ0v) is 13.1. The number of aromatic nitrogens is 1. The number of hydrogen-bond acceptors (Lipinski definition) is 4. The highest BCUT2D eigenvalue weighted by Gasteiger charge is 2.18. The molecule has 0 spiro atoms. The van der Waals surface area contributed by atoms with E-state index in [1.807, 2.05) is 0 Å². The Morgan fingerprint density at radius 1 is 1.40 bits per heavy atom. The summed E-state index contributed by atoms with van der Waals surface area (Å²) in [4.78, 5) is 11.8. The quantitative estimate of drug-likeness (QED) is 0.581. The summed E-state index contributed by atoms with van der Waals surface area (Å²) in [7, 11) is 4.67. The predicted molar refractivity (Wildman–Crippen MR) is 76.5 cm³/mol. The number of unbranched alkanes of at least 4 members (excludes halogenated alkanes) is 2. The fourth-order valence-corrected chi connectivity index (χ4v) is 2.52. The molecule has 0 bridgehead atoms. The molecule has 0 saturated carbocycles. The van der Waals surface area contributed by atoms with Gasteiger partial charge in [-0.3, -0.25) is 4.79 Å². The van der Waals surface area contributed by atoms with Crippen molar-refractivity contribution in [1.29, 1.82) is 0 Å². The van der Waals surface area contributed by atoms with Crippen LogP contribution in [0.3, 0.4) is 0 Å². The summed E-state index contributed by atoms with van der Waals surface area (Å²) >= 11 is 0. The lowest BCUT2D eigenvalue weighted by molar-refractivity contribution is 0.0944. The monoisotopic (exact) mass is 322 g/mol. The molecule has 20 heavy (non-hydrogen) atoms. The Balaban J connectivity index is 2.50. The van der Waals surface area contributed by atoms with Crippen LogP contribution in [0.4, 0.5) is 0 Å². The molecule has 6 nitrogen and oxygen atoms in total. The molecule has 0 radical (unpaired) electrons. The smallest absolute Gasteiger partial charge is 0.267 e. The van der Waals surface area contributed by atoms with Gasteiger partial charge in [0.2, 0.25) is 0 Å². The van der Waals surface area contributed by atoms with Crippen LogP contribution in [0.1, 0.15) is 29.8 Å². The Hall–Kier alpha value is -1.05. The third-order valence-corrected chi connectivity index (χ3v) is 4.13. The molecule has 1 heterocycles. The summed E-state index contributed by atoms with van der Waals surface area (Å²) in [5, 5.41) is 2.74. The molecule has 0 aliphatic rings. The van der Waals surface area contributed by atoms with Crippen LogP contribution in [0.5, 0.6) is 0 Å². The molecule has 1 rings (SSSR count). The Labute approximate surface area is 123 Å². The van der Waals surface area contributed by atoms with Crippen molar-refractivity contribution < 1.29 is 17.9 Å². The second-order valence-corrected chi connectivity index (χ2v) is 6.99. The molecule has 0 aliphatic carbocycles. The van der Waals surface area contributed by atoms with Crippen molar-refractivity contribution in [3.8, 4) is 0 Å². The first-order valence-electron chi connectivity index (χ1n) is 6.24. The summed E-state index contributed by atoms with van der Waals surface area (Å²) in [6.07, 6.45) is 4.07. The molecular weight excluding hydrogens is 304 g/mol. The first kappa shape index (κ1) is 17.0. The van der Waals surface area contributed by atoms with E-state index >= 15 is 0 Å². The van der Waals surface area contributed by atoms with E-state index in [1.54, 1.807) is 14.2 Å². The summed E-state index contributed by atoms with van der Waals surface area (Å²) < 4.78 is 28.7. The maximum atomic E-state index is 11.9. The number of ether oxygens (including phenoxy) is 1. The maximum absolute atomic E-state index is 11.9. The number of aryl methyl sites for hydroxylation is 1. The number of halogens is 1. The maximum Gasteiger partial charge on any atom is 0.267 e. The van der Waals surface area contributed by atoms with Gasteiger partial charge in [0.05, 0.1) is 0 Å². The number of nitrogens with zero attached hydrogens (tertiary/aromatic N) is 1. The third kappa shape index (κ3) is 5.15. The molecule has 1 aromatic rings. The molecule has 114 valence electrons. The van der Waals surface area contributed by atoms with Gasteiger partial charge in [0.15, 0.2) is 0 Å². The van der Waals surface area contributed by atoms with Crippen LogP contribution < -0.4 is 5.32 Å². The number of methoxy groups -OCH3 is 1. The normalized spacial score (nSPS) is 11.6. The van der Waals surface area contributed by atoms with Gasteiger partial charge in [0.25, 0.3) is 15.0 Å². The molecule has 0 fully saturated rings. The highest BCUT2D eigenvalue weighted by molar-refractivity contribution is 8.13. The zero-order valence-electron chi connectivity index (χ0n) is 11.6. The molecule has 0 aromatic carbocycles. The summed E-state index contributed by atoms with van der Waals surface area (Å²) in [5.74, 6) is -0.314. The van der Waals surface area contributed by atoms with E-state index in [2.05, 4.69) is 5.32 Å². The Kier molecular flexibility index (Phi) is 6.51. The van der Waals surface area contributed by atoms with E-state index in [0.29, 0.717) is 13.2 Å². The first-order chi connectivity index (χ1) is 9.36. The first-order valence-corrected chi connectivity index (χ1v) is 8.55. The highest BCUT2D eigenvalue weighted by Crippen LogP contribution is 2.17. The van der Waals surface area contributed by atoms with E-state index in [1.165, 1.54) is 16.8 Å². The van der Waals surface area contributed by atoms with Gasteiger partial charge in [-0.05, 0) is 25.3 Å². The zero-order chi connectivity index (χ0) is 15.2. The molecule has 0 aliphatic heterocycles.